The van der Waals surface area contributed by atoms with E-state index < -0.39 is 0 Å². The van der Waals surface area contributed by atoms with Crippen molar-refractivity contribution in [1.29, 1.82) is 0 Å². The third-order valence-electron chi connectivity index (χ3n) is 3.45. The standard InChI is InChI=1S/C16H22N2O2/c1-5-19-15-9-10(2)14(8-11(15)3)16-13(6-7-17)12(4)18-20-16/h8-9H,5-7,17H2,1-4H3. The van der Waals surface area contributed by atoms with Crippen molar-refractivity contribution in [3.63, 3.8) is 0 Å². The zero-order chi connectivity index (χ0) is 14.7. The Labute approximate surface area is 119 Å². The highest BCUT2D eigenvalue weighted by Crippen LogP contribution is 2.33. The van der Waals surface area contributed by atoms with Crippen molar-refractivity contribution >= 4 is 0 Å². The molecule has 0 bridgehead atoms. The number of aryl methyl sites for hydroxylation is 3. The molecule has 2 aromatic rings. The molecule has 0 atom stereocenters. The lowest BCUT2D eigenvalue weighted by atomic mass is 9.98. The molecule has 1 aromatic carbocycles. The summed E-state index contributed by atoms with van der Waals surface area (Å²) in [6.45, 7) is 9.29. The largest absolute Gasteiger partial charge is 0.494 e. The van der Waals surface area contributed by atoms with Crippen molar-refractivity contribution in [3.05, 3.63) is 34.5 Å². The summed E-state index contributed by atoms with van der Waals surface area (Å²) in [6.07, 6.45) is 0.774. The van der Waals surface area contributed by atoms with E-state index >= 15 is 0 Å². The Hall–Kier alpha value is -1.81. The Balaban J connectivity index is 2.50. The SMILES string of the molecule is CCOc1cc(C)c(-c2onc(C)c2CCN)cc1C. The summed E-state index contributed by atoms with van der Waals surface area (Å²) in [5.74, 6) is 1.75. The van der Waals surface area contributed by atoms with Crippen molar-refractivity contribution in [2.75, 3.05) is 13.2 Å². The van der Waals surface area contributed by atoms with Gasteiger partial charge < -0.3 is 15.0 Å². The third-order valence-corrected chi connectivity index (χ3v) is 3.45. The Morgan fingerprint density at radius 3 is 2.60 bits per heavy atom. The van der Waals surface area contributed by atoms with Gasteiger partial charge in [-0.3, -0.25) is 0 Å². The Bertz CT molecular complexity index is 603. The molecule has 0 saturated carbocycles. The van der Waals surface area contributed by atoms with E-state index in [9.17, 15) is 0 Å². The highest BCUT2D eigenvalue weighted by Gasteiger charge is 2.17. The number of aromatic nitrogens is 1. The van der Waals surface area contributed by atoms with Gasteiger partial charge in [-0.1, -0.05) is 5.16 Å². The summed E-state index contributed by atoms with van der Waals surface area (Å²) >= 11 is 0. The number of ether oxygens (including phenoxy) is 1. The van der Waals surface area contributed by atoms with Gasteiger partial charge in [-0.15, -0.1) is 0 Å². The molecule has 2 N–H and O–H groups in total. The maximum Gasteiger partial charge on any atom is 0.170 e. The first kappa shape index (κ1) is 14.6. The molecule has 0 spiro atoms. The number of rotatable bonds is 5. The lowest BCUT2D eigenvalue weighted by molar-refractivity contribution is 0.337. The number of nitrogens with zero attached hydrogens (tertiary/aromatic N) is 1. The predicted molar refractivity (Wildman–Crippen MR) is 80.1 cm³/mol. The fraction of sp³-hybridized carbons (Fsp3) is 0.438. The van der Waals surface area contributed by atoms with E-state index in [1.54, 1.807) is 0 Å². The van der Waals surface area contributed by atoms with E-state index in [0.29, 0.717) is 13.2 Å². The van der Waals surface area contributed by atoms with Gasteiger partial charge in [0.25, 0.3) is 0 Å². The second-order valence-electron chi connectivity index (χ2n) is 4.98. The molecule has 0 radical (unpaired) electrons. The number of hydrogen-bond donors (Lipinski definition) is 1. The molecule has 0 aliphatic rings. The van der Waals surface area contributed by atoms with Gasteiger partial charge >= 0.3 is 0 Å². The monoisotopic (exact) mass is 274 g/mol. The van der Waals surface area contributed by atoms with E-state index in [0.717, 1.165) is 45.9 Å². The molecule has 0 unspecified atom stereocenters. The third kappa shape index (κ3) is 2.70. The maximum absolute atomic E-state index is 5.68. The molecule has 0 aliphatic heterocycles. The molecule has 0 saturated heterocycles. The molecule has 1 aromatic heterocycles. The van der Waals surface area contributed by atoms with E-state index in [2.05, 4.69) is 24.2 Å². The van der Waals surface area contributed by atoms with E-state index in [-0.39, 0.29) is 0 Å². The quantitative estimate of drug-likeness (QED) is 0.909. The van der Waals surface area contributed by atoms with Gasteiger partial charge in [-0.25, -0.2) is 0 Å². The molecular weight excluding hydrogens is 252 g/mol. The normalized spacial score (nSPS) is 10.8. The summed E-state index contributed by atoms with van der Waals surface area (Å²) in [6, 6.07) is 4.15. The molecule has 0 aliphatic carbocycles. The lowest BCUT2D eigenvalue weighted by Crippen LogP contribution is -2.04. The summed E-state index contributed by atoms with van der Waals surface area (Å²) in [5.41, 5.74) is 11.0. The van der Waals surface area contributed by atoms with Gasteiger partial charge in [0, 0.05) is 11.1 Å². The minimum Gasteiger partial charge on any atom is -0.494 e. The molecule has 4 nitrogen and oxygen atoms in total. The van der Waals surface area contributed by atoms with Crippen LogP contribution in [0.2, 0.25) is 0 Å². The summed E-state index contributed by atoms with van der Waals surface area (Å²) in [4.78, 5) is 0. The first-order valence-electron chi connectivity index (χ1n) is 6.98. The van der Waals surface area contributed by atoms with Crippen LogP contribution in [0, 0.1) is 20.8 Å². The fourth-order valence-electron chi connectivity index (χ4n) is 2.38. The number of hydrogen-bond acceptors (Lipinski definition) is 4. The minimum absolute atomic E-state index is 0.587. The second kappa shape index (κ2) is 6.09. The van der Waals surface area contributed by atoms with Crippen LogP contribution >= 0.6 is 0 Å². The zero-order valence-corrected chi connectivity index (χ0v) is 12.6. The van der Waals surface area contributed by atoms with Gasteiger partial charge in [0.1, 0.15) is 5.75 Å². The van der Waals surface area contributed by atoms with Gasteiger partial charge in [0.15, 0.2) is 5.76 Å². The molecule has 108 valence electrons. The van der Waals surface area contributed by atoms with Gasteiger partial charge in [0.2, 0.25) is 0 Å². The maximum atomic E-state index is 5.68. The van der Waals surface area contributed by atoms with Crippen molar-refractivity contribution in [3.8, 4) is 17.1 Å². The van der Waals surface area contributed by atoms with Crippen molar-refractivity contribution in [1.82, 2.24) is 5.16 Å². The minimum atomic E-state index is 0.587. The summed E-state index contributed by atoms with van der Waals surface area (Å²) in [7, 11) is 0. The molecule has 1 heterocycles. The highest BCUT2D eigenvalue weighted by molar-refractivity contribution is 5.68. The van der Waals surface area contributed by atoms with Crippen LogP contribution < -0.4 is 10.5 Å². The van der Waals surface area contributed by atoms with E-state index in [4.69, 9.17) is 15.0 Å². The fourth-order valence-corrected chi connectivity index (χ4v) is 2.38. The van der Waals surface area contributed by atoms with Crippen LogP contribution in [0.4, 0.5) is 0 Å². The van der Waals surface area contributed by atoms with Crippen LogP contribution in [0.15, 0.2) is 16.7 Å². The van der Waals surface area contributed by atoms with Crippen LogP contribution in [0.25, 0.3) is 11.3 Å². The van der Waals surface area contributed by atoms with Crippen molar-refractivity contribution in [2.24, 2.45) is 5.73 Å². The number of nitrogens with two attached hydrogens (primary N) is 1. The zero-order valence-electron chi connectivity index (χ0n) is 12.6. The average Bonchev–Trinajstić information content (AvgIpc) is 2.76. The molecule has 4 heteroatoms. The molecule has 0 fully saturated rings. The van der Waals surface area contributed by atoms with Crippen molar-refractivity contribution in [2.45, 2.75) is 34.1 Å². The lowest BCUT2D eigenvalue weighted by Gasteiger charge is -2.12. The van der Waals surface area contributed by atoms with Crippen LogP contribution in [-0.4, -0.2) is 18.3 Å². The smallest absolute Gasteiger partial charge is 0.170 e. The second-order valence-corrected chi connectivity index (χ2v) is 4.98. The van der Waals surface area contributed by atoms with Crippen LogP contribution in [-0.2, 0) is 6.42 Å². The molecule has 20 heavy (non-hydrogen) atoms. The molecule has 2 rings (SSSR count). The summed E-state index contributed by atoms with van der Waals surface area (Å²) < 4.78 is 11.1. The molecule has 0 amide bonds. The summed E-state index contributed by atoms with van der Waals surface area (Å²) in [5, 5.41) is 4.08. The van der Waals surface area contributed by atoms with Gasteiger partial charge in [-0.2, -0.15) is 0 Å². The van der Waals surface area contributed by atoms with E-state index in [1.807, 2.05) is 20.8 Å². The van der Waals surface area contributed by atoms with Gasteiger partial charge in [-0.05, 0) is 63.9 Å². The van der Waals surface area contributed by atoms with Crippen LogP contribution in [0.5, 0.6) is 5.75 Å². The van der Waals surface area contributed by atoms with Gasteiger partial charge in [0.05, 0.1) is 12.3 Å². The van der Waals surface area contributed by atoms with Crippen LogP contribution in [0.3, 0.4) is 0 Å². The van der Waals surface area contributed by atoms with Crippen LogP contribution in [0.1, 0.15) is 29.3 Å². The molecular formula is C16H22N2O2. The topological polar surface area (TPSA) is 61.3 Å². The Morgan fingerprint density at radius 1 is 1.20 bits per heavy atom. The highest BCUT2D eigenvalue weighted by atomic mass is 16.5. The number of benzene rings is 1. The Kier molecular flexibility index (Phi) is 4.45. The average molecular weight is 274 g/mol. The first-order valence-corrected chi connectivity index (χ1v) is 6.98. The predicted octanol–water partition coefficient (Wildman–Crippen LogP) is 3.17. The van der Waals surface area contributed by atoms with E-state index in [1.165, 1.54) is 0 Å². The first-order chi connectivity index (χ1) is 9.58. The van der Waals surface area contributed by atoms with Crippen molar-refractivity contribution < 1.29 is 9.26 Å². The Morgan fingerprint density at radius 2 is 1.95 bits per heavy atom.